The average Bonchev–Trinajstić information content (AvgIpc) is 2.87. The van der Waals surface area contributed by atoms with E-state index in [0.29, 0.717) is 5.56 Å². The lowest BCUT2D eigenvalue weighted by molar-refractivity contribution is -0.138. The molecule has 0 radical (unpaired) electrons. The molecule has 0 saturated carbocycles. The van der Waals surface area contributed by atoms with Gasteiger partial charge in [0.2, 0.25) is 5.91 Å². The predicted octanol–water partition coefficient (Wildman–Crippen LogP) is 3.04. The quantitative estimate of drug-likeness (QED) is 0.754. The number of amides is 4. The van der Waals surface area contributed by atoms with Crippen LogP contribution < -0.4 is 5.32 Å². The molecule has 9 heteroatoms. The van der Waals surface area contributed by atoms with Gasteiger partial charge in [-0.05, 0) is 36.8 Å². The Hall–Kier alpha value is -3.00. The molecule has 0 aromatic heterocycles. The molecule has 1 unspecified atom stereocenters. The van der Waals surface area contributed by atoms with Crippen molar-refractivity contribution < 1.29 is 23.2 Å². The number of urea groups is 1. The number of hydrogen-bond donors (Lipinski definition) is 1. The van der Waals surface area contributed by atoms with Crippen molar-refractivity contribution in [3.05, 3.63) is 70.2 Å². The molecular weight excluding hydrogens is 404 g/mol. The van der Waals surface area contributed by atoms with E-state index in [0.717, 1.165) is 17.0 Å². The number of imide groups is 1. The van der Waals surface area contributed by atoms with Gasteiger partial charge < -0.3 is 10.2 Å². The minimum Gasteiger partial charge on any atom is -0.340 e. The Bertz CT molecular complexity index is 983. The summed E-state index contributed by atoms with van der Waals surface area (Å²) in [5, 5.41) is 2.51. The molecular formula is C20H18ClF2N3O3. The summed E-state index contributed by atoms with van der Waals surface area (Å²) in [4.78, 5) is 39.9. The Morgan fingerprint density at radius 3 is 2.38 bits per heavy atom. The first kappa shape index (κ1) is 20.7. The van der Waals surface area contributed by atoms with E-state index in [1.54, 1.807) is 12.1 Å². The lowest BCUT2D eigenvalue weighted by atomic mass is 9.92. The fourth-order valence-corrected chi connectivity index (χ4v) is 3.48. The molecule has 0 aliphatic carbocycles. The van der Waals surface area contributed by atoms with Crippen molar-refractivity contribution in [2.24, 2.45) is 0 Å². The zero-order valence-corrected chi connectivity index (χ0v) is 16.5. The third-order valence-corrected chi connectivity index (χ3v) is 5.11. The van der Waals surface area contributed by atoms with E-state index in [2.05, 4.69) is 5.32 Å². The highest BCUT2D eigenvalue weighted by Crippen LogP contribution is 2.33. The largest absolute Gasteiger partial charge is 0.340 e. The number of benzene rings is 2. The second-order valence-corrected chi connectivity index (χ2v) is 7.35. The van der Waals surface area contributed by atoms with Crippen LogP contribution in [0.25, 0.3) is 0 Å². The van der Waals surface area contributed by atoms with Gasteiger partial charge in [-0.3, -0.25) is 14.5 Å². The van der Waals surface area contributed by atoms with Gasteiger partial charge in [0.25, 0.3) is 5.91 Å². The van der Waals surface area contributed by atoms with Gasteiger partial charge in [0.15, 0.2) is 0 Å². The van der Waals surface area contributed by atoms with Crippen LogP contribution in [0.5, 0.6) is 0 Å². The van der Waals surface area contributed by atoms with Crippen LogP contribution in [0.2, 0.25) is 5.02 Å². The number of likely N-dealkylation sites (N-methyl/N-ethyl adjacent to an activating group) is 1. The Labute approximate surface area is 171 Å². The van der Waals surface area contributed by atoms with E-state index in [1.807, 2.05) is 0 Å². The lowest BCUT2D eigenvalue weighted by Gasteiger charge is -2.24. The van der Waals surface area contributed by atoms with Crippen LogP contribution >= 0.6 is 11.6 Å². The smallest absolute Gasteiger partial charge is 0.325 e. The van der Waals surface area contributed by atoms with Gasteiger partial charge in [0.05, 0.1) is 0 Å². The molecule has 6 nitrogen and oxygen atoms in total. The SMILES string of the molecule is CN(Cc1ccc(F)cc1)C(=O)CN1C(=O)NC(C)(c2ccc(F)cc2Cl)C1=O. The first-order chi connectivity index (χ1) is 13.6. The molecule has 2 aromatic carbocycles. The van der Waals surface area contributed by atoms with E-state index in [9.17, 15) is 23.2 Å². The van der Waals surface area contributed by atoms with Crippen LogP contribution in [0.15, 0.2) is 42.5 Å². The van der Waals surface area contributed by atoms with E-state index < -0.39 is 35.7 Å². The summed E-state index contributed by atoms with van der Waals surface area (Å²) in [6, 6.07) is 8.40. The highest BCUT2D eigenvalue weighted by atomic mass is 35.5. The molecule has 2 aromatic rings. The molecule has 152 valence electrons. The summed E-state index contributed by atoms with van der Waals surface area (Å²) >= 11 is 6.05. The Morgan fingerprint density at radius 2 is 1.76 bits per heavy atom. The predicted molar refractivity (Wildman–Crippen MR) is 102 cm³/mol. The van der Waals surface area contributed by atoms with Crippen molar-refractivity contribution in [3.63, 3.8) is 0 Å². The normalized spacial score (nSPS) is 18.7. The van der Waals surface area contributed by atoms with Gasteiger partial charge in [-0.1, -0.05) is 29.8 Å². The number of nitrogens with zero attached hydrogens (tertiary/aromatic N) is 2. The highest BCUT2D eigenvalue weighted by Gasteiger charge is 2.50. The number of nitrogens with one attached hydrogen (secondary N) is 1. The van der Waals surface area contributed by atoms with Gasteiger partial charge in [-0.15, -0.1) is 0 Å². The van der Waals surface area contributed by atoms with Crippen molar-refractivity contribution in [1.82, 2.24) is 15.1 Å². The van der Waals surface area contributed by atoms with E-state index in [-0.39, 0.29) is 22.9 Å². The van der Waals surface area contributed by atoms with Gasteiger partial charge in [-0.25, -0.2) is 13.6 Å². The molecule has 3 rings (SSSR count). The summed E-state index contributed by atoms with van der Waals surface area (Å²) in [6.07, 6.45) is 0. The highest BCUT2D eigenvalue weighted by molar-refractivity contribution is 6.32. The van der Waals surface area contributed by atoms with Crippen LogP contribution in [0.3, 0.4) is 0 Å². The summed E-state index contributed by atoms with van der Waals surface area (Å²) in [6.45, 7) is 1.15. The monoisotopic (exact) mass is 421 g/mol. The molecule has 1 heterocycles. The fraction of sp³-hybridized carbons (Fsp3) is 0.250. The summed E-state index contributed by atoms with van der Waals surface area (Å²) in [7, 11) is 1.51. The van der Waals surface area contributed by atoms with Crippen molar-refractivity contribution in [1.29, 1.82) is 0 Å². The van der Waals surface area contributed by atoms with E-state index in [4.69, 9.17) is 11.6 Å². The van der Waals surface area contributed by atoms with Crippen molar-refractivity contribution in [3.8, 4) is 0 Å². The van der Waals surface area contributed by atoms with Crippen molar-refractivity contribution in [2.45, 2.75) is 19.0 Å². The summed E-state index contributed by atoms with van der Waals surface area (Å²) < 4.78 is 26.3. The number of carbonyl (C=O) groups is 3. The minimum absolute atomic E-state index is 0.0113. The molecule has 1 saturated heterocycles. The molecule has 1 aliphatic heterocycles. The molecule has 4 amide bonds. The molecule has 29 heavy (non-hydrogen) atoms. The molecule has 1 fully saturated rings. The molecule has 1 N–H and O–H groups in total. The first-order valence-electron chi connectivity index (χ1n) is 8.70. The summed E-state index contributed by atoms with van der Waals surface area (Å²) in [5.74, 6) is -2.11. The summed E-state index contributed by atoms with van der Waals surface area (Å²) in [5.41, 5.74) is -0.589. The molecule has 1 aliphatic rings. The number of halogens is 3. The van der Waals surface area contributed by atoms with Gasteiger partial charge in [-0.2, -0.15) is 0 Å². The number of carbonyl (C=O) groups excluding carboxylic acids is 3. The molecule has 0 spiro atoms. The fourth-order valence-electron chi connectivity index (χ4n) is 3.13. The average molecular weight is 422 g/mol. The Kier molecular flexibility index (Phi) is 5.57. The zero-order valence-electron chi connectivity index (χ0n) is 15.7. The number of rotatable bonds is 5. The van der Waals surface area contributed by atoms with Gasteiger partial charge in [0.1, 0.15) is 23.7 Å². The zero-order chi connectivity index (χ0) is 21.3. The van der Waals surface area contributed by atoms with Crippen LogP contribution in [-0.2, 0) is 21.7 Å². The lowest BCUT2D eigenvalue weighted by Crippen LogP contribution is -2.43. The Balaban J connectivity index is 1.74. The van der Waals surface area contributed by atoms with E-state index in [1.165, 1.54) is 37.1 Å². The third-order valence-electron chi connectivity index (χ3n) is 4.80. The van der Waals surface area contributed by atoms with Crippen molar-refractivity contribution >= 4 is 29.4 Å². The second kappa shape index (κ2) is 7.79. The van der Waals surface area contributed by atoms with Crippen LogP contribution in [0.1, 0.15) is 18.1 Å². The van der Waals surface area contributed by atoms with E-state index >= 15 is 0 Å². The van der Waals surface area contributed by atoms with Crippen LogP contribution in [0.4, 0.5) is 13.6 Å². The number of hydrogen-bond acceptors (Lipinski definition) is 3. The van der Waals surface area contributed by atoms with Gasteiger partial charge >= 0.3 is 6.03 Å². The first-order valence-corrected chi connectivity index (χ1v) is 9.07. The second-order valence-electron chi connectivity index (χ2n) is 6.95. The maximum absolute atomic E-state index is 13.3. The maximum atomic E-state index is 13.3. The molecule has 1 atom stereocenters. The third kappa shape index (κ3) is 4.07. The van der Waals surface area contributed by atoms with Gasteiger partial charge in [0, 0.05) is 24.2 Å². The Morgan fingerprint density at radius 1 is 1.14 bits per heavy atom. The van der Waals surface area contributed by atoms with Crippen LogP contribution in [0, 0.1) is 11.6 Å². The molecule has 0 bridgehead atoms. The topological polar surface area (TPSA) is 69.7 Å². The minimum atomic E-state index is -1.52. The van der Waals surface area contributed by atoms with Crippen LogP contribution in [-0.4, -0.2) is 41.2 Å². The standard InChI is InChI=1S/C20H18ClF2N3O3/c1-20(15-8-7-14(23)9-16(15)21)18(28)26(19(29)24-20)11-17(27)25(2)10-12-3-5-13(22)6-4-12/h3-9H,10-11H2,1-2H3,(H,24,29). The maximum Gasteiger partial charge on any atom is 0.325 e. The van der Waals surface area contributed by atoms with Crippen molar-refractivity contribution in [2.75, 3.05) is 13.6 Å².